The highest BCUT2D eigenvalue weighted by Gasteiger charge is 2.31. The molecule has 4 aromatic rings. The van der Waals surface area contributed by atoms with E-state index in [1.807, 2.05) is 35.7 Å². The Bertz CT molecular complexity index is 1170. The van der Waals surface area contributed by atoms with E-state index in [0.717, 1.165) is 39.4 Å². The molecule has 5 rings (SSSR count). The van der Waals surface area contributed by atoms with E-state index in [-0.39, 0.29) is 5.60 Å². The summed E-state index contributed by atoms with van der Waals surface area (Å²) in [6.45, 7) is 6.86. The number of hydrogen-bond acceptors (Lipinski definition) is 6. The van der Waals surface area contributed by atoms with E-state index in [2.05, 4.69) is 13.8 Å². The lowest BCUT2D eigenvalue weighted by molar-refractivity contribution is -0.0379. The predicted octanol–water partition coefficient (Wildman–Crippen LogP) is 4.17. The summed E-state index contributed by atoms with van der Waals surface area (Å²) in [7, 11) is 1.66. The summed E-state index contributed by atoms with van der Waals surface area (Å²) in [5.41, 5.74) is 2.96. The van der Waals surface area contributed by atoms with E-state index in [1.165, 1.54) is 10.4 Å². The second kappa shape index (κ2) is 5.74. The first-order valence-electron chi connectivity index (χ1n) is 8.91. The highest BCUT2D eigenvalue weighted by molar-refractivity contribution is 7.19. The molecule has 0 aliphatic carbocycles. The summed E-state index contributed by atoms with van der Waals surface area (Å²) in [5.74, 6) is 2.35. The molecule has 0 N–H and O–H groups in total. The Balaban J connectivity index is 1.74. The Hall–Kier alpha value is -2.51. The number of ether oxygens (including phenoxy) is 2. The zero-order valence-corrected chi connectivity index (χ0v) is 16.6. The van der Waals surface area contributed by atoms with Gasteiger partial charge in [-0.05, 0) is 50.6 Å². The van der Waals surface area contributed by atoms with E-state index in [9.17, 15) is 0 Å². The summed E-state index contributed by atoms with van der Waals surface area (Å²) in [6, 6.07) is 7.81. The van der Waals surface area contributed by atoms with Gasteiger partial charge in [0.1, 0.15) is 16.4 Å². The lowest BCUT2D eigenvalue weighted by Crippen LogP contribution is -2.31. The van der Waals surface area contributed by atoms with Crippen molar-refractivity contribution in [3.63, 3.8) is 0 Å². The van der Waals surface area contributed by atoms with E-state index < -0.39 is 0 Å². The molecule has 7 heteroatoms. The van der Waals surface area contributed by atoms with Crippen LogP contribution in [0.15, 0.2) is 24.3 Å². The molecule has 6 nitrogen and oxygen atoms in total. The third-order valence-corrected chi connectivity index (χ3v) is 6.12. The van der Waals surface area contributed by atoms with Crippen LogP contribution < -0.4 is 4.74 Å². The van der Waals surface area contributed by atoms with Crippen LogP contribution in [0.3, 0.4) is 0 Å². The van der Waals surface area contributed by atoms with Crippen LogP contribution in [0.25, 0.3) is 27.3 Å². The van der Waals surface area contributed by atoms with E-state index in [4.69, 9.17) is 24.5 Å². The number of benzene rings is 1. The molecule has 0 spiro atoms. The molecule has 1 aromatic carbocycles. The Morgan fingerprint density at radius 2 is 1.96 bits per heavy atom. The van der Waals surface area contributed by atoms with Crippen LogP contribution >= 0.6 is 11.3 Å². The third-order valence-electron chi connectivity index (χ3n) is 5.02. The summed E-state index contributed by atoms with van der Waals surface area (Å²) >= 11 is 1.71. The lowest BCUT2D eigenvalue weighted by Gasteiger charge is -2.30. The SMILES string of the molecule is COc1ccc(-c2nc3c4c5c(sc4nc(C)n3n2)COC(C)(C)C5)cc1. The van der Waals surface area contributed by atoms with Crippen molar-refractivity contribution in [1.82, 2.24) is 19.6 Å². The fourth-order valence-electron chi connectivity index (χ4n) is 3.60. The molecule has 27 heavy (non-hydrogen) atoms. The van der Waals surface area contributed by atoms with Crippen molar-refractivity contribution in [2.75, 3.05) is 7.11 Å². The van der Waals surface area contributed by atoms with Gasteiger partial charge in [-0.2, -0.15) is 4.52 Å². The number of fused-ring (bicyclic) bond motifs is 5. The average molecular weight is 380 g/mol. The molecule has 0 atom stereocenters. The van der Waals surface area contributed by atoms with Crippen LogP contribution in [0, 0.1) is 6.92 Å². The minimum Gasteiger partial charge on any atom is -0.497 e. The molecule has 0 amide bonds. The van der Waals surface area contributed by atoms with Crippen LogP contribution in [0.1, 0.15) is 30.1 Å². The van der Waals surface area contributed by atoms with Crippen LogP contribution in [0.5, 0.6) is 5.75 Å². The monoisotopic (exact) mass is 380 g/mol. The summed E-state index contributed by atoms with van der Waals surface area (Å²) in [4.78, 5) is 11.9. The minimum atomic E-state index is -0.179. The van der Waals surface area contributed by atoms with Gasteiger partial charge in [-0.3, -0.25) is 0 Å². The predicted molar refractivity (Wildman–Crippen MR) is 105 cm³/mol. The molecule has 0 saturated heterocycles. The van der Waals surface area contributed by atoms with Crippen LogP contribution in [-0.4, -0.2) is 32.3 Å². The molecule has 0 saturated carbocycles. The van der Waals surface area contributed by atoms with Crippen molar-refractivity contribution < 1.29 is 9.47 Å². The number of hydrogen-bond donors (Lipinski definition) is 0. The Morgan fingerprint density at radius 3 is 2.70 bits per heavy atom. The number of aromatic nitrogens is 4. The van der Waals surface area contributed by atoms with Crippen molar-refractivity contribution in [1.29, 1.82) is 0 Å². The molecular formula is C20H20N4O2S. The van der Waals surface area contributed by atoms with E-state index in [1.54, 1.807) is 18.4 Å². The highest BCUT2D eigenvalue weighted by Crippen LogP contribution is 2.40. The van der Waals surface area contributed by atoms with Crippen molar-refractivity contribution >= 4 is 27.2 Å². The Labute approximate surface area is 160 Å². The largest absolute Gasteiger partial charge is 0.497 e. The molecule has 4 heterocycles. The first-order valence-corrected chi connectivity index (χ1v) is 9.73. The summed E-state index contributed by atoms with van der Waals surface area (Å²) < 4.78 is 13.1. The standard InChI is InChI=1S/C20H20N4O2S/c1-11-21-19-16(14-9-20(2,3)26-10-15(14)27-19)18-22-17(23-24(11)18)12-5-7-13(25-4)8-6-12/h5-8H,9-10H2,1-4H3. The minimum absolute atomic E-state index is 0.179. The average Bonchev–Trinajstić information content (AvgIpc) is 3.22. The zero-order valence-electron chi connectivity index (χ0n) is 15.7. The first kappa shape index (κ1) is 16.6. The second-order valence-electron chi connectivity index (χ2n) is 7.47. The normalized spacial score (nSPS) is 16.0. The van der Waals surface area contributed by atoms with Gasteiger partial charge in [0.2, 0.25) is 0 Å². The quantitative estimate of drug-likeness (QED) is 0.522. The molecule has 0 unspecified atom stereocenters. The molecule has 1 aliphatic heterocycles. The number of nitrogens with zero attached hydrogens (tertiary/aromatic N) is 4. The highest BCUT2D eigenvalue weighted by atomic mass is 32.1. The number of thiophene rings is 1. The maximum atomic E-state index is 5.99. The summed E-state index contributed by atoms with van der Waals surface area (Å²) in [6.07, 6.45) is 0.855. The second-order valence-corrected chi connectivity index (χ2v) is 8.55. The molecule has 0 fully saturated rings. The zero-order chi connectivity index (χ0) is 18.8. The maximum absolute atomic E-state index is 5.99. The van der Waals surface area contributed by atoms with Gasteiger partial charge in [-0.25, -0.2) is 9.97 Å². The van der Waals surface area contributed by atoms with Gasteiger partial charge in [-0.1, -0.05) is 0 Å². The Morgan fingerprint density at radius 1 is 1.19 bits per heavy atom. The van der Waals surface area contributed by atoms with Crippen molar-refractivity contribution in [2.24, 2.45) is 0 Å². The van der Waals surface area contributed by atoms with Crippen LogP contribution in [0.4, 0.5) is 0 Å². The molecule has 138 valence electrons. The molecule has 1 aliphatic rings. The van der Waals surface area contributed by atoms with Gasteiger partial charge < -0.3 is 9.47 Å². The van der Waals surface area contributed by atoms with Gasteiger partial charge in [0.15, 0.2) is 11.5 Å². The van der Waals surface area contributed by atoms with Gasteiger partial charge in [0.05, 0.1) is 24.7 Å². The number of methoxy groups -OCH3 is 1. The maximum Gasteiger partial charge on any atom is 0.182 e. The van der Waals surface area contributed by atoms with Crippen molar-refractivity contribution in [3.05, 3.63) is 40.5 Å². The lowest BCUT2D eigenvalue weighted by atomic mass is 9.94. The third kappa shape index (κ3) is 2.61. The molecular weight excluding hydrogens is 360 g/mol. The Kier molecular flexibility index (Phi) is 3.54. The fraction of sp³-hybridized carbons (Fsp3) is 0.350. The van der Waals surface area contributed by atoms with Crippen molar-refractivity contribution in [2.45, 2.75) is 39.4 Å². The molecule has 3 aromatic heterocycles. The van der Waals surface area contributed by atoms with Gasteiger partial charge >= 0.3 is 0 Å². The molecule has 0 radical (unpaired) electrons. The van der Waals surface area contributed by atoms with Gasteiger partial charge in [0, 0.05) is 16.9 Å². The molecule has 0 bridgehead atoms. The number of rotatable bonds is 2. The topological polar surface area (TPSA) is 61.5 Å². The summed E-state index contributed by atoms with van der Waals surface area (Å²) in [5, 5.41) is 5.84. The van der Waals surface area contributed by atoms with Gasteiger partial charge in [-0.15, -0.1) is 16.4 Å². The van der Waals surface area contributed by atoms with Crippen LogP contribution in [0.2, 0.25) is 0 Å². The first-order chi connectivity index (χ1) is 12.9. The van der Waals surface area contributed by atoms with E-state index >= 15 is 0 Å². The van der Waals surface area contributed by atoms with Crippen molar-refractivity contribution in [3.8, 4) is 17.1 Å². The van der Waals surface area contributed by atoms with Crippen LogP contribution in [-0.2, 0) is 17.8 Å². The van der Waals surface area contributed by atoms with E-state index in [0.29, 0.717) is 12.4 Å². The van der Waals surface area contributed by atoms with Gasteiger partial charge in [0.25, 0.3) is 0 Å². The smallest absolute Gasteiger partial charge is 0.182 e. The fourth-order valence-corrected chi connectivity index (χ4v) is 4.75. The number of aryl methyl sites for hydroxylation is 1.